The van der Waals surface area contributed by atoms with Crippen LogP contribution < -0.4 is 0 Å². The average Bonchev–Trinajstić information content (AvgIpc) is 3.42. The van der Waals surface area contributed by atoms with Gasteiger partial charge < -0.3 is 9.74 Å². The number of rotatable bonds is 6. The van der Waals surface area contributed by atoms with Gasteiger partial charge in [-0.2, -0.15) is 0 Å². The van der Waals surface area contributed by atoms with Crippen molar-refractivity contribution < 1.29 is 14.0 Å². The molecule has 140 valence electrons. The Bertz CT molecular complexity index is 865. The molecule has 0 radical (unpaired) electrons. The van der Waals surface area contributed by atoms with Crippen molar-refractivity contribution in [2.45, 2.75) is 31.9 Å². The molecule has 1 saturated carbocycles. The van der Waals surface area contributed by atoms with E-state index in [1.54, 1.807) is 17.0 Å². The second-order valence-electron chi connectivity index (χ2n) is 7.07. The third-order valence-electron chi connectivity index (χ3n) is 4.87. The normalized spacial score (nSPS) is 18.7. The van der Waals surface area contributed by atoms with Gasteiger partial charge in [0.2, 0.25) is 5.91 Å². The molecule has 2 aromatic rings. The van der Waals surface area contributed by atoms with Crippen molar-refractivity contribution >= 4 is 23.2 Å². The first-order chi connectivity index (χ1) is 13.1. The summed E-state index contributed by atoms with van der Waals surface area (Å²) in [5, 5.41) is 4.82. The van der Waals surface area contributed by atoms with Crippen molar-refractivity contribution in [1.29, 1.82) is 0 Å². The first kappa shape index (κ1) is 18.0. The maximum absolute atomic E-state index is 13.2. The first-order valence-electron chi connectivity index (χ1n) is 9.11. The SMILES string of the molecule is O=C(C1CC1)N(Cc1ccc(F)cc1)C[C@H]1CC(c2ccccc2Cl)=NO1. The van der Waals surface area contributed by atoms with E-state index >= 15 is 0 Å². The molecule has 27 heavy (non-hydrogen) atoms. The van der Waals surface area contributed by atoms with E-state index in [9.17, 15) is 9.18 Å². The van der Waals surface area contributed by atoms with Gasteiger partial charge in [-0.25, -0.2) is 4.39 Å². The van der Waals surface area contributed by atoms with Gasteiger partial charge in [-0.05, 0) is 36.6 Å². The molecule has 6 heteroatoms. The molecule has 1 fully saturated rings. The van der Waals surface area contributed by atoms with Crippen LogP contribution in [0.4, 0.5) is 4.39 Å². The van der Waals surface area contributed by atoms with Crippen LogP contribution in [0.15, 0.2) is 53.7 Å². The minimum Gasteiger partial charge on any atom is -0.390 e. The van der Waals surface area contributed by atoms with Gasteiger partial charge in [0, 0.05) is 29.5 Å². The van der Waals surface area contributed by atoms with Crippen LogP contribution in [0.25, 0.3) is 0 Å². The van der Waals surface area contributed by atoms with Crippen LogP contribution in [0, 0.1) is 11.7 Å². The van der Waals surface area contributed by atoms with E-state index in [-0.39, 0.29) is 23.7 Å². The number of hydrogen-bond donors (Lipinski definition) is 0. The maximum atomic E-state index is 13.2. The van der Waals surface area contributed by atoms with Crippen LogP contribution in [-0.2, 0) is 16.2 Å². The zero-order chi connectivity index (χ0) is 18.8. The molecule has 2 aliphatic rings. The Morgan fingerprint density at radius 3 is 2.63 bits per heavy atom. The van der Waals surface area contributed by atoms with E-state index in [1.807, 2.05) is 24.3 Å². The molecule has 1 heterocycles. The van der Waals surface area contributed by atoms with Gasteiger partial charge >= 0.3 is 0 Å². The van der Waals surface area contributed by atoms with Gasteiger partial charge in [0.1, 0.15) is 5.82 Å². The summed E-state index contributed by atoms with van der Waals surface area (Å²) in [5.41, 5.74) is 2.56. The molecule has 1 atom stereocenters. The number of halogens is 2. The Kier molecular flexibility index (Phi) is 5.12. The Hall–Kier alpha value is -2.40. The monoisotopic (exact) mass is 386 g/mol. The van der Waals surface area contributed by atoms with Crippen LogP contribution in [0.5, 0.6) is 0 Å². The van der Waals surface area contributed by atoms with Crippen molar-refractivity contribution in [1.82, 2.24) is 4.90 Å². The highest BCUT2D eigenvalue weighted by Gasteiger charge is 2.35. The van der Waals surface area contributed by atoms with Crippen molar-refractivity contribution in [3.63, 3.8) is 0 Å². The van der Waals surface area contributed by atoms with Gasteiger partial charge in [0.25, 0.3) is 0 Å². The van der Waals surface area contributed by atoms with Crippen LogP contribution in [0.2, 0.25) is 5.02 Å². The Morgan fingerprint density at radius 2 is 1.93 bits per heavy atom. The number of oxime groups is 1. The van der Waals surface area contributed by atoms with E-state index < -0.39 is 0 Å². The van der Waals surface area contributed by atoms with E-state index in [4.69, 9.17) is 16.4 Å². The summed E-state index contributed by atoms with van der Waals surface area (Å²) in [6, 6.07) is 13.8. The quantitative estimate of drug-likeness (QED) is 0.737. The van der Waals surface area contributed by atoms with E-state index in [1.165, 1.54) is 12.1 Å². The molecule has 2 aromatic carbocycles. The summed E-state index contributed by atoms with van der Waals surface area (Å²) in [5.74, 6) is -0.0411. The second kappa shape index (κ2) is 7.69. The third-order valence-corrected chi connectivity index (χ3v) is 5.20. The fraction of sp³-hybridized carbons (Fsp3) is 0.333. The highest BCUT2D eigenvalue weighted by molar-refractivity contribution is 6.34. The topological polar surface area (TPSA) is 41.9 Å². The van der Waals surface area contributed by atoms with Gasteiger partial charge in [0.15, 0.2) is 6.10 Å². The number of amides is 1. The number of hydrogen-bond acceptors (Lipinski definition) is 3. The predicted octanol–water partition coefficient (Wildman–Crippen LogP) is 4.41. The molecular formula is C21H20ClFN2O2. The van der Waals surface area contributed by atoms with Gasteiger partial charge in [-0.15, -0.1) is 0 Å². The lowest BCUT2D eigenvalue weighted by Gasteiger charge is -2.25. The standard InChI is InChI=1S/C21H20ClFN2O2/c22-19-4-2-1-3-18(19)20-11-17(27-24-20)13-25(21(26)15-7-8-15)12-14-5-9-16(23)10-6-14/h1-6,9-10,15,17H,7-8,11-13H2/t17-/m1/s1. The number of carbonyl (C=O) groups excluding carboxylic acids is 1. The molecule has 1 amide bonds. The number of carbonyl (C=O) groups is 1. The van der Waals surface area contributed by atoms with Gasteiger partial charge in [-0.3, -0.25) is 4.79 Å². The molecular weight excluding hydrogens is 367 g/mol. The molecule has 4 nitrogen and oxygen atoms in total. The minimum absolute atomic E-state index is 0.107. The summed E-state index contributed by atoms with van der Waals surface area (Å²) in [7, 11) is 0. The summed E-state index contributed by atoms with van der Waals surface area (Å²) in [4.78, 5) is 20.1. The van der Waals surface area contributed by atoms with Crippen LogP contribution >= 0.6 is 11.6 Å². The van der Waals surface area contributed by atoms with Crippen LogP contribution in [0.3, 0.4) is 0 Å². The molecule has 0 saturated heterocycles. The van der Waals surface area contributed by atoms with Gasteiger partial charge in [0.05, 0.1) is 12.3 Å². The molecule has 0 aromatic heterocycles. The van der Waals surface area contributed by atoms with E-state index in [0.717, 1.165) is 29.7 Å². The molecule has 0 N–H and O–H groups in total. The van der Waals surface area contributed by atoms with E-state index in [2.05, 4.69) is 5.16 Å². The summed E-state index contributed by atoms with van der Waals surface area (Å²) in [6.45, 7) is 0.890. The summed E-state index contributed by atoms with van der Waals surface area (Å²) >= 11 is 6.25. The van der Waals surface area contributed by atoms with E-state index in [0.29, 0.717) is 24.5 Å². The maximum Gasteiger partial charge on any atom is 0.226 e. The fourth-order valence-corrected chi connectivity index (χ4v) is 3.50. The summed E-state index contributed by atoms with van der Waals surface area (Å²) < 4.78 is 13.2. The number of nitrogens with zero attached hydrogens (tertiary/aromatic N) is 2. The van der Waals surface area contributed by atoms with Crippen molar-refractivity contribution in [3.05, 3.63) is 70.5 Å². The lowest BCUT2D eigenvalue weighted by atomic mass is 10.0. The smallest absolute Gasteiger partial charge is 0.226 e. The molecule has 1 aliphatic heterocycles. The number of benzene rings is 2. The third kappa shape index (κ3) is 4.30. The van der Waals surface area contributed by atoms with Crippen LogP contribution in [-0.4, -0.2) is 29.2 Å². The molecule has 0 unspecified atom stereocenters. The Balaban J connectivity index is 1.44. The Labute approximate surface area is 162 Å². The zero-order valence-electron chi connectivity index (χ0n) is 14.8. The molecule has 0 bridgehead atoms. The predicted molar refractivity (Wildman–Crippen MR) is 102 cm³/mol. The molecule has 0 spiro atoms. The van der Waals surface area contributed by atoms with Crippen molar-refractivity contribution in [2.24, 2.45) is 11.1 Å². The lowest BCUT2D eigenvalue weighted by molar-refractivity contribution is -0.135. The van der Waals surface area contributed by atoms with Crippen molar-refractivity contribution in [2.75, 3.05) is 6.54 Å². The zero-order valence-corrected chi connectivity index (χ0v) is 15.5. The molecule has 1 aliphatic carbocycles. The lowest BCUT2D eigenvalue weighted by Crippen LogP contribution is -2.38. The highest BCUT2D eigenvalue weighted by Crippen LogP contribution is 2.32. The van der Waals surface area contributed by atoms with Crippen LogP contribution in [0.1, 0.15) is 30.4 Å². The highest BCUT2D eigenvalue weighted by atomic mass is 35.5. The molecule has 4 rings (SSSR count). The minimum atomic E-state index is -0.282. The first-order valence-corrected chi connectivity index (χ1v) is 9.49. The largest absolute Gasteiger partial charge is 0.390 e. The van der Waals surface area contributed by atoms with Crippen molar-refractivity contribution in [3.8, 4) is 0 Å². The fourth-order valence-electron chi connectivity index (χ4n) is 3.26. The Morgan fingerprint density at radius 1 is 1.19 bits per heavy atom. The average molecular weight is 387 g/mol. The van der Waals surface area contributed by atoms with Gasteiger partial charge in [-0.1, -0.05) is 47.1 Å². The summed E-state index contributed by atoms with van der Waals surface area (Å²) in [6.07, 6.45) is 2.26. The second-order valence-corrected chi connectivity index (χ2v) is 7.48.